The van der Waals surface area contributed by atoms with E-state index in [-0.39, 0.29) is 0 Å². The van der Waals surface area contributed by atoms with Gasteiger partial charge in [-0.1, -0.05) is 18.5 Å². The van der Waals surface area contributed by atoms with Crippen molar-refractivity contribution < 1.29 is 0 Å². The Morgan fingerprint density at radius 2 is 2.22 bits per heavy atom. The Morgan fingerprint density at radius 3 is 2.94 bits per heavy atom. The van der Waals surface area contributed by atoms with Crippen molar-refractivity contribution in [2.75, 3.05) is 6.54 Å². The molecule has 2 rings (SSSR count). The Labute approximate surface area is 112 Å². The number of nitrogens with two attached hydrogens (primary N) is 1. The van der Waals surface area contributed by atoms with Gasteiger partial charge < -0.3 is 10.3 Å². The summed E-state index contributed by atoms with van der Waals surface area (Å²) in [7, 11) is 0. The molecular weight excluding hydrogens is 248 g/mol. The zero-order valence-electron chi connectivity index (χ0n) is 10.7. The van der Waals surface area contributed by atoms with Gasteiger partial charge in [0, 0.05) is 19.2 Å². The number of hydrogen-bond donors (Lipinski definition) is 1. The van der Waals surface area contributed by atoms with E-state index in [9.17, 15) is 0 Å². The second-order valence-electron chi connectivity index (χ2n) is 4.42. The molecule has 2 aromatic heterocycles. The van der Waals surface area contributed by atoms with Crippen LogP contribution < -0.4 is 5.73 Å². The number of aromatic nitrogens is 3. The number of fused-ring (bicyclic) bond motifs is 1. The summed E-state index contributed by atoms with van der Waals surface area (Å²) in [6, 6.07) is 1.88. The van der Waals surface area contributed by atoms with E-state index in [2.05, 4.69) is 21.5 Å². The minimum absolute atomic E-state index is 0.636. The van der Waals surface area contributed by atoms with Crippen molar-refractivity contribution in [3.63, 3.8) is 0 Å². The van der Waals surface area contributed by atoms with Crippen LogP contribution in [-0.2, 0) is 13.0 Å². The number of rotatable bonds is 6. The molecule has 0 amide bonds. The highest BCUT2D eigenvalue weighted by molar-refractivity contribution is 6.31. The van der Waals surface area contributed by atoms with Gasteiger partial charge in [0.2, 0.25) is 0 Å². The Hall–Kier alpha value is -1.13. The molecular formula is C13H19ClN4. The van der Waals surface area contributed by atoms with Gasteiger partial charge in [0.15, 0.2) is 5.65 Å². The van der Waals surface area contributed by atoms with Crippen LogP contribution in [0.25, 0.3) is 11.2 Å². The topological polar surface area (TPSA) is 56.7 Å². The van der Waals surface area contributed by atoms with Crippen molar-refractivity contribution in [3.05, 3.63) is 23.1 Å². The maximum atomic E-state index is 5.96. The molecule has 0 aromatic carbocycles. The molecule has 2 aromatic rings. The highest BCUT2D eigenvalue weighted by atomic mass is 35.5. The lowest BCUT2D eigenvalue weighted by Crippen LogP contribution is -2.07. The zero-order valence-corrected chi connectivity index (χ0v) is 11.5. The predicted octanol–water partition coefficient (Wildman–Crippen LogP) is 2.78. The Morgan fingerprint density at radius 1 is 1.39 bits per heavy atom. The summed E-state index contributed by atoms with van der Waals surface area (Å²) in [6.07, 6.45) is 5.81. The first-order valence-electron chi connectivity index (χ1n) is 6.47. The molecule has 18 heavy (non-hydrogen) atoms. The molecule has 0 unspecified atom stereocenters. The SMILES string of the molecule is CCCc1nc2cc(Cl)cnc2n1CCCCN. The maximum absolute atomic E-state index is 5.96. The number of pyridine rings is 1. The van der Waals surface area contributed by atoms with E-state index < -0.39 is 0 Å². The summed E-state index contributed by atoms with van der Waals surface area (Å²) >= 11 is 5.96. The van der Waals surface area contributed by atoms with Crippen molar-refractivity contribution in [2.24, 2.45) is 5.73 Å². The zero-order chi connectivity index (χ0) is 13.0. The molecule has 0 aliphatic heterocycles. The van der Waals surface area contributed by atoms with Crippen molar-refractivity contribution in [1.29, 1.82) is 0 Å². The van der Waals surface area contributed by atoms with Crippen LogP contribution in [0.4, 0.5) is 0 Å². The fourth-order valence-electron chi connectivity index (χ4n) is 2.10. The highest BCUT2D eigenvalue weighted by Crippen LogP contribution is 2.19. The molecule has 0 atom stereocenters. The summed E-state index contributed by atoms with van der Waals surface area (Å²) in [5.74, 6) is 1.10. The third kappa shape index (κ3) is 2.82. The molecule has 0 aliphatic carbocycles. The normalized spacial score (nSPS) is 11.3. The summed E-state index contributed by atoms with van der Waals surface area (Å²) in [5, 5.41) is 0.636. The number of nitrogens with zero attached hydrogens (tertiary/aromatic N) is 3. The molecule has 0 radical (unpaired) electrons. The van der Waals surface area contributed by atoms with Gasteiger partial charge in [0.25, 0.3) is 0 Å². The third-order valence-electron chi connectivity index (χ3n) is 2.94. The summed E-state index contributed by atoms with van der Waals surface area (Å²) < 4.78 is 2.20. The molecule has 0 fully saturated rings. The van der Waals surface area contributed by atoms with Gasteiger partial charge in [-0.3, -0.25) is 0 Å². The average Bonchev–Trinajstić information content (AvgIpc) is 2.67. The van der Waals surface area contributed by atoms with Gasteiger partial charge in [0.1, 0.15) is 11.3 Å². The number of hydrogen-bond acceptors (Lipinski definition) is 3. The van der Waals surface area contributed by atoms with Gasteiger partial charge >= 0.3 is 0 Å². The van der Waals surface area contributed by atoms with E-state index in [1.165, 1.54) is 0 Å². The molecule has 98 valence electrons. The Bertz CT molecular complexity index is 521. The Balaban J connectivity index is 2.35. The van der Waals surface area contributed by atoms with Gasteiger partial charge in [0.05, 0.1) is 5.02 Å². The predicted molar refractivity (Wildman–Crippen MR) is 74.8 cm³/mol. The van der Waals surface area contributed by atoms with E-state index in [1.54, 1.807) is 6.20 Å². The van der Waals surface area contributed by atoms with E-state index >= 15 is 0 Å². The molecule has 0 spiro atoms. The third-order valence-corrected chi connectivity index (χ3v) is 3.15. The van der Waals surface area contributed by atoms with Crippen LogP contribution in [0.3, 0.4) is 0 Å². The number of unbranched alkanes of at least 4 members (excludes halogenated alkanes) is 1. The minimum atomic E-state index is 0.636. The summed E-state index contributed by atoms with van der Waals surface area (Å²) in [6.45, 7) is 3.82. The minimum Gasteiger partial charge on any atom is -0.330 e. The smallest absolute Gasteiger partial charge is 0.160 e. The molecule has 0 saturated heterocycles. The highest BCUT2D eigenvalue weighted by Gasteiger charge is 2.11. The van der Waals surface area contributed by atoms with Gasteiger partial charge in [-0.05, 0) is 31.9 Å². The lowest BCUT2D eigenvalue weighted by Gasteiger charge is -2.07. The van der Waals surface area contributed by atoms with E-state index in [0.717, 1.165) is 55.8 Å². The van der Waals surface area contributed by atoms with Crippen molar-refractivity contribution in [1.82, 2.24) is 14.5 Å². The molecule has 0 saturated carbocycles. The van der Waals surface area contributed by atoms with Crippen LogP contribution in [0.2, 0.25) is 5.02 Å². The first-order chi connectivity index (χ1) is 8.76. The van der Waals surface area contributed by atoms with Crippen LogP contribution in [0.15, 0.2) is 12.3 Å². The number of aryl methyl sites for hydroxylation is 2. The summed E-state index contributed by atoms with van der Waals surface area (Å²) in [5.41, 5.74) is 7.36. The van der Waals surface area contributed by atoms with Crippen LogP contribution in [-0.4, -0.2) is 21.1 Å². The van der Waals surface area contributed by atoms with Crippen molar-refractivity contribution >= 4 is 22.8 Å². The molecule has 2 N–H and O–H groups in total. The first kappa shape index (κ1) is 13.3. The van der Waals surface area contributed by atoms with Crippen molar-refractivity contribution in [3.8, 4) is 0 Å². The van der Waals surface area contributed by atoms with Crippen LogP contribution in [0, 0.1) is 0 Å². The van der Waals surface area contributed by atoms with Crippen LogP contribution in [0.1, 0.15) is 32.0 Å². The first-order valence-corrected chi connectivity index (χ1v) is 6.84. The van der Waals surface area contributed by atoms with Crippen molar-refractivity contribution in [2.45, 2.75) is 39.2 Å². The van der Waals surface area contributed by atoms with Gasteiger partial charge in [-0.15, -0.1) is 0 Å². The second-order valence-corrected chi connectivity index (χ2v) is 4.86. The lowest BCUT2D eigenvalue weighted by molar-refractivity contribution is 0.595. The number of halogens is 1. The molecule has 0 aliphatic rings. The molecule has 5 heteroatoms. The monoisotopic (exact) mass is 266 g/mol. The van der Waals surface area contributed by atoms with Gasteiger partial charge in [-0.2, -0.15) is 0 Å². The van der Waals surface area contributed by atoms with E-state index in [1.807, 2.05) is 6.07 Å². The maximum Gasteiger partial charge on any atom is 0.160 e. The lowest BCUT2D eigenvalue weighted by atomic mass is 10.3. The number of imidazole rings is 1. The fourth-order valence-corrected chi connectivity index (χ4v) is 2.25. The molecule has 4 nitrogen and oxygen atoms in total. The van der Waals surface area contributed by atoms with Crippen LogP contribution >= 0.6 is 11.6 Å². The summed E-state index contributed by atoms with van der Waals surface area (Å²) in [4.78, 5) is 9.03. The fraction of sp³-hybridized carbons (Fsp3) is 0.538. The quantitative estimate of drug-likeness (QED) is 0.818. The van der Waals surface area contributed by atoms with Crippen LogP contribution in [0.5, 0.6) is 0 Å². The molecule has 2 heterocycles. The standard InChI is InChI=1S/C13H19ClN4/c1-2-5-12-17-11-8-10(14)9-16-13(11)18(12)7-4-3-6-15/h8-9H,2-7,15H2,1H3. The van der Waals surface area contributed by atoms with E-state index in [4.69, 9.17) is 17.3 Å². The molecule has 0 bridgehead atoms. The largest absolute Gasteiger partial charge is 0.330 e. The van der Waals surface area contributed by atoms with E-state index in [0.29, 0.717) is 5.02 Å². The Kier molecular flexibility index (Phi) is 4.55. The average molecular weight is 267 g/mol. The second kappa shape index (κ2) is 6.16. The van der Waals surface area contributed by atoms with Gasteiger partial charge in [-0.25, -0.2) is 9.97 Å².